The third kappa shape index (κ3) is 3.15. The molecule has 134 valence electrons. The van der Waals surface area contributed by atoms with Crippen LogP contribution in [-0.4, -0.2) is 31.1 Å². The lowest BCUT2D eigenvalue weighted by molar-refractivity contribution is -0.122. The molecule has 4 rings (SSSR count). The third-order valence-electron chi connectivity index (χ3n) is 4.18. The second-order valence-corrected chi connectivity index (χ2v) is 6.13. The Bertz CT molecular complexity index is 880. The predicted octanol–water partition coefficient (Wildman–Crippen LogP) is 2.82. The predicted molar refractivity (Wildman–Crippen MR) is 95.2 cm³/mol. The molecule has 0 bridgehead atoms. The maximum atomic E-state index is 12.5. The van der Waals surface area contributed by atoms with E-state index in [1.807, 2.05) is 0 Å². The van der Waals surface area contributed by atoms with Crippen molar-refractivity contribution in [3.63, 3.8) is 0 Å². The smallest absolute Gasteiger partial charge is 0.265 e. The molecule has 0 aromatic heterocycles. The van der Waals surface area contributed by atoms with Gasteiger partial charge in [0.05, 0.1) is 18.9 Å². The number of hydrogen-bond donors (Lipinski definition) is 2. The van der Waals surface area contributed by atoms with Crippen LogP contribution < -0.4 is 24.8 Å². The van der Waals surface area contributed by atoms with E-state index in [-0.39, 0.29) is 11.8 Å². The van der Waals surface area contributed by atoms with Crippen LogP contribution in [0.15, 0.2) is 36.4 Å². The Morgan fingerprint density at radius 1 is 1.08 bits per heavy atom. The molecule has 0 aliphatic carbocycles. The Balaban J connectivity index is 1.53. The summed E-state index contributed by atoms with van der Waals surface area (Å²) in [6, 6.07) is 10.2. The summed E-state index contributed by atoms with van der Waals surface area (Å²) in [7, 11) is 0. The highest BCUT2D eigenvalue weighted by Gasteiger charge is 2.24. The topological polar surface area (TPSA) is 85.9 Å². The van der Waals surface area contributed by atoms with Crippen LogP contribution >= 0.6 is 0 Å². The van der Waals surface area contributed by atoms with Crippen LogP contribution in [0.2, 0.25) is 0 Å². The number of benzene rings is 2. The van der Waals surface area contributed by atoms with Gasteiger partial charge in [0, 0.05) is 17.7 Å². The Morgan fingerprint density at radius 3 is 2.69 bits per heavy atom. The zero-order valence-corrected chi connectivity index (χ0v) is 14.2. The quantitative estimate of drug-likeness (QED) is 0.866. The number of fused-ring (bicyclic) bond motifs is 2. The number of rotatable bonds is 2. The van der Waals surface area contributed by atoms with Crippen LogP contribution in [0.1, 0.15) is 23.7 Å². The number of carbonyl (C=O) groups is 2. The van der Waals surface area contributed by atoms with Crippen molar-refractivity contribution in [3.05, 3.63) is 42.0 Å². The van der Waals surface area contributed by atoms with Crippen LogP contribution in [0.4, 0.5) is 11.4 Å². The SMILES string of the molecule is C[C@H]1Oc2ccc(NC(=O)c3ccc4c(c3)OCCCO4)cc2NC1=O. The van der Waals surface area contributed by atoms with Crippen molar-refractivity contribution in [2.24, 2.45) is 0 Å². The minimum Gasteiger partial charge on any atom is -0.490 e. The van der Waals surface area contributed by atoms with Crippen molar-refractivity contribution in [2.45, 2.75) is 19.4 Å². The maximum absolute atomic E-state index is 12.5. The summed E-state index contributed by atoms with van der Waals surface area (Å²) in [5, 5.41) is 5.57. The van der Waals surface area contributed by atoms with E-state index >= 15 is 0 Å². The monoisotopic (exact) mass is 354 g/mol. The molecule has 2 aromatic rings. The van der Waals surface area contributed by atoms with Crippen molar-refractivity contribution < 1.29 is 23.8 Å². The second-order valence-electron chi connectivity index (χ2n) is 6.13. The van der Waals surface area contributed by atoms with Gasteiger partial charge in [0.1, 0.15) is 5.75 Å². The fourth-order valence-electron chi connectivity index (χ4n) is 2.79. The number of amides is 2. The van der Waals surface area contributed by atoms with Crippen LogP contribution in [0, 0.1) is 0 Å². The summed E-state index contributed by atoms with van der Waals surface area (Å²) in [6.45, 7) is 2.83. The molecule has 2 heterocycles. The van der Waals surface area contributed by atoms with E-state index in [1.165, 1.54) is 0 Å². The van der Waals surface area contributed by atoms with E-state index in [0.29, 0.717) is 47.4 Å². The molecule has 2 aliphatic rings. The van der Waals surface area contributed by atoms with Crippen molar-refractivity contribution in [1.29, 1.82) is 0 Å². The molecule has 26 heavy (non-hydrogen) atoms. The van der Waals surface area contributed by atoms with Gasteiger partial charge in [-0.05, 0) is 43.3 Å². The number of ether oxygens (including phenoxy) is 3. The first-order chi connectivity index (χ1) is 12.6. The Kier molecular flexibility index (Phi) is 4.12. The summed E-state index contributed by atoms with van der Waals surface area (Å²) in [5.74, 6) is 1.28. The van der Waals surface area contributed by atoms with Crippen molar-refractivity contribution >= 4 is 23.2 Å². The minimum absolute atomic E-state index is 0.219. The lowest BCUT2D eigenvalue weighted by Gasteiger charge is -2.23. The average molecular weight is 354 g/mol. The largest absolute Gasteiger partial charge is 0.490 e. The number of hydrogen-bond acceptors (Lipinski definition) is 5. The van der Waals surface area contributed by atoms with E-state index in [9.17, 15) is 9.59 Å². The van der Waals surface area contributed by atoms with Gasteiger partial charge in [0.25, 0.3) is 11.8 Å². The van der Waals surface area contributed by atoms with E-state index in [1.54, 1.807) is 43.3 Å². The maximum Gasteiger partial charge on any atom is 0.265 e. The first-order valence-corrected chi connectivity index (χ1v) is 8.43. The highest BCUT2D eigenvalue weighted by molar-refractivity contribution is 6.05. The van der Waals surface area contributed by atoms with Gasteiger partial charge in [0.15, 0.2) is 17.6 Å². The first-order valence-electron chi connectivity index (χ1n) is 8.43. The van der Waals surface area contributed by atoms with Crippen LogP contribution in [0.5, 0.6) is 17.2 Å². The molecule has 0 radical (unpaired) electrons. The number of nitrogens with one attached hydrogen (secondary N) is 2. The van der Waals surface area contributed by atoms with Gasteiger partial charge in [0.2, 0.25) is 0 Å². The van der Waals surface area contributed by atoms with E-state index < -0.39 is 6.10 Å². The zero-order valence-electron chi connectivity index (χ0n) is 14.2. The van der Waals surface area contributed by atoms with Crippen molar-refractivity contribution in [1.82, 2.24) is 0 Å². The molecule has 7 nitrogen and oxygen atoms in total. The molecular weight excluding hydrogens is 336 g/mol. The molecule has 0 unspecified atom stereocenters. The van der Waals surface area contributed by atoms with Gasteiger partial charge >= 0.3 is 0 Å². The van der Waals surface area contributed by atoms with Crippen molar-refractivity contribution in [2.75, 3.05) is 23.8 Å². The molecule has 2 aliphatic heterocycles. The molecule has 0 spiro atoms. The van der Waals surface area contributed by atoms with E-state index in [4.69, 9.17) is 14.2 Å². The van der Waals surface area contributed by atoms with Gasteiger partial charge in [-0.15, -0.1) is 0 Å². The van der Waals surface area contributed by atoms with E-state index in [0.717, 1.165) is 6.42 Å². The zero-order chi connectivity index (χ0) is 18.1. The highest BCUT2D eigenvalue weighted by Crippen LogP contribution is 2.33. The van der Waals surface area contributed by atoms with Gasteiger partial charge in [-0.3, -0.25) is 9.59 Å². The lowest BCUT2D eigenvalue weighted by atomic mass is 10.1. The normalized spacial score (nSPS) is 18.0. The molecule has 1 atom stereocenters. The lowest BCUT2D eigenvalue weighted by Crippen LogP contribution is -2.34. The standard InChI is InChI=1S/C19H18N2O5/c1-11-18(22)21-14-10-13(4-6-15(14)26-11)20-19(23)12-3-5-16-17(9-12)25-8-2-7-24-16/h3-6,9-11H,2,7-8H2,1H3,(H,20,23)(H,21,22)/t11-/m1/s1. The summed E-state index contributed by atoms with van der Waals surface area (Å²) < 4.78 is 16.7. The molecule has 7 heteroatoms. The van der Waals surface area contributed by atoms with Gasteiger partial charge in [-0.2, -0.15) is 0 Å². The van der Waals surface area contributed by atoms with Gasteiger partial charge in [-0.1, -0.05) is 0 Å². The summed E-state index contributed by atoms with van der Waals surface area (Å²) in [6.07, 6.45) is 0.266. The van der Waals surface area contributed by atoms with Crippen LogP contribution in [0.25, 0.3) is 0 Å². The fourth-order valence-corrected chi connectivity index (χ4v) is 2.79. The molecule has 2 amide bonds. The summed E-state index contributed by atoms with van der Waals surface area (Å²) in [4.78, 5) is 24.3. The Morgan fingerprint density at radius 2 is 1.85 bits per heavy atom. The first kappa shape index (κ1) is 16.3. The van der Waals surface area contributed by atoms with Crippen LogP contribution in [-0.2, 0) is 4.79 Å². The summed E-state index contributed by atoms with van der Waals surface area (Å²) >= 11 is 0. The number of carbonyl (C=O) groups excluding carboxylic acids is 2. The third-order valence-corrected chi connectivity index (χ3v) is 4.18. The second kappa shape index (κ2) is 6.59. The highest BCUT2D eigenvalue weighted by atomic mass is 16.5. The van der Waals surface area contributed by atoms with Crippen LogP contribution in [0.3, 0.4) is 0 Å². The molecule has 2 aromatic carbocycles. The van der Waals surface area contributed by atoms with Gasteiger partial charge in [-0.25, -0.2) is 0 Å². The molecule has 0 saturated carbocycles. The number of anilines is 2. The van der Waals surface area contributed by atoms with Gasteiger partial charge < -0.3 is 24.8 Å². The van der Waals surface area contributed by atoms with Crippen molar-refractivity contribution in [3.8, 4) is 17.2 Å². The molecule has 2 N–H and O–H groups in total. The average Bonchev–Trinajstić information content (AvgIpc) is 2.87. The Hall–Kier alpha value is -3.22. The Labute approximate surface area is 150 Å². The fraction of sp³-hybridized carbons (Fsp3) is 0.263. The molecule has 0 saturated heterocycles. The molecular formula is C19H18N2O5. The molecule has 0 fully saturated rings. The summed E-state index contributed by atoms with van der Waals surface area (Å²) in [5.41, 5.74) is 1.55. The minimum atomic E-state index is -0.537. The van der Waals surface area contributed by atoms with E-state index in [2.05, 4.69) is 10.6 Å².